The number of alkyl halides is 3. The van der Waals surface area contributed by atoms with Gasteiger partial charge >= 0.3 is 6.18 Å². The van der Waals surface area contributed by atoms with E-state index in [9.17, 15) is 13.2 Å². The maximum atomic E-state index is 13.2. The lowest BCUT2D eigenvalue weighted by atomic mass is 10.0. The molecule has 4 aromatic rings. The van der Waals surface area contributed by atoms with Gasteiger partial charge in [0.25, 0.3) is 0 Å². The van der Waals surface area contributed by atoms with Crippen LogP contribution in [0.15, 0.2) is 43.0 Å². The summed E-state index contributed by atoms with van der Waals surface area (Å²) in [6, 6.07) is 5.40. The van der Waals surface area contributed by atoms with Crippen molar-refractivity contribution < 1.29 is 22.6 Å². The maximum absolute atomic E-state index is 13.2. The Labute approximate surface area is 193 Å². The van der Waals surface area contributed by atoms with Gasteiger partial charge in [-0.15, -0.1) is 0 Å². The number of aromatic nitrogens is 5. The van der Waals surface area contributed by atoms with E-state index in [1.165, 1.54) is 13.4 Å². The Bertz CT molecular complexity index is 1320. The van der Waals surface area contributed by atoms with Crippen LogP contribution in [0, 0.1) is 13.8 Å². The topological polar surface area (TPSA) is 94.9 Å². The predicted octanol–water partition coefficient (Wildman–Crippen LogP) is 4.91. The molecule has 0 amide bonds. The number of halogens is 3. The summed E-state index contributed by atoms with van der Waals surface area (Å²) in [5.41, 5.74) is 2.94. The number of aryl methyl sites for hydroxylation is 2. The molecule has 0 saturated heterocycles. The number of benzene rings is 1. The minimum absolute atomic E-state index is 0.177. The summed E-state index contributed by atoms with van der Waals surface area (Å²) in [7, 11) is 1.25. The highest BCUT2D eigenvalue weighted by molar-refractivity contribution is 5.81. The zero-order valence-corrected chi connectivity index (χ0v) is 18.6. The van der Waals surface area contributed by atoms with Crippen molar-refractivity contribution in [1.29, 1.82) is 0 Å². The first-order valence-electron chi connectivity index (χ1n) is 10.3. The standard InChI is InChI=1S/C23H21F3N6O2/c1-13-9-17(34-19-11-16(23(24,25)26)10-18(32-19)33-3)14(2)8-15(13)4-5-28-21-20-22(31-12-30-21)29-7-6-27-20/h6-12H,4-5H2,1-3H3,(H,28,29,30,31). The summed E-state index contributed by atoms with van der Waals surface area (Å²) in [6.07, 6.45) is 0.709. The molecule has 3 heterocycles. The number of nitrogens with one attached hydrogen (secondary N) is 1. The molecule has 11 heteroatoms. The second-order valence-corrected chi connectivity index (χ2v) is 7.51. The molecule has 0 aliphatic carbocycles. The second kappa shape index (κ2) is 9.46. The third-order valence-corrected chi connectivity index (χ3v) is 5.12. The number of methoxy groups -OCH3 is 1. The smallest absolute Gasteiger partial charge is 0.416 e. The van der Waals surface area contributed by atoms with Crippen LogP contribution in [-0.4, -0.2) is 38.6 Å². The van der Waals surface area contributed by atoms with Gasteiger partial charge in [-0.3, -0.25) is 0 Å². The fourth-order valence-corrected chi connectivity index (χ4v) is 3.38. The molecule has 4 rings (SSSR count). The Kier molecular flexibility index (Phi) is 6.44. The Balaban J connectivity index is 1.49. The Morgan fingerprint density at radius 3 is 2.44 bits per heavy atom. The van der Waals surface area contributed by atoms with E-state index in [2.05, 4.69) is 30.2 Å². The molecule has 0 aliphatic heterocycles. The molecular formula is C23H21F3N6O2. The lowest BCUT2D eigenvalue weighted by Crippen LogP contribution is -2.09. The maximum Gasteiger partial charge on any atom is 0.416 e. The Hall–Kier alpha value is -4.02. The zero-order chi connectivity index (χ0) is 24.3. The van der Waals surface area contributed by atoms with Gasteiger partial charge in [-0.1, -0.05) is 6.07 Å². The number of ether oxygens (including phenoxy) is 2. The minimum Gasteiger partial charge on any atom is -0.481 e. The van der Waals surface area contributed by atoms with Crippen LogP contribution in [0.3, 0.4) is 0 Å². The van der Waals surface area contributed by atoms with E-state index < -0.39 is 11.7 Å². The summed E-state index contributed by atoms with van der Waals surface area (Å²) in [6.45, 7) is 4.31. The van der Waals surface area contributed by atoms with Gasteiger partial charge in [0.1, 0.15) is 17.6 Å². The van der Waals surface area contributed by atoms with Crippen LogP contribution < -0.4 is 14.8 Å². The largest absolute Gasteiger partial charge is 0.481 e. The van der Waals surface area contributed by atoms with E-state index in [4.69, 9.17) is 9.47 Å². The van der Waals surface area contributed by atoms with Crippen molar-refractivity contribution in [1.82, 2.24) is 24.9 Å². The SMILES string of the molecule is COc1cc(C(F)(F)F)cc(Oc2cc(C)c(CCNc3ncnc4nccnc34)cc2C)n1. The van der Waals surface area contributed by atoms with E-state index in [0.29, 0.717) is 35.7 Å². The summed E-state index contributed by atoms with van der Waals surface area (Å²) in [5.74, 6) is 0.640. The number of hydrogen-bond donors (Lipinski definition) is 1. The van der Waals surface area contributed by atoms with Gasteiger partial charge in [-0.2, -0.15) is 18.2 Å². The quantitative estimate of drug-likeness (QED) is 0.407. The fourth-order valence-electron chi connectivity index (χ4n) is 3.38. The molecule has 0 saturated carbocycles. The Morgan fingerprint density at radius 1 is 0.912 bits per heavy atom. The highest BCUT2D eigenvalue weighted by Crippen LogP contribution is 2.35. The van der Waals surface area contributed by atoms with Crippen molar-refractivity contribution in [3.63, 3.8) is 0 Å². The molecule has 0 aliphatic rings. The van der Waals surface area contributed by atoms with Crippen molar-refractivity contribution in [3.05, 3.63) is 65.2 Å². The summed E-state index contributed by atoms with van der Waals surface area (Å²) in [4.78, 5) is 20.7. The summed E-state index contributed by atoms with van der Waals surface area (Å²) >= 11 is 0. The number of rotatable bonds is 7. The Morgan fingerprint density at radius 2 is 1.68 bits per heavy atom. The first kappa shape index (κ1) is 23.1. The number of fused-ring (bicyclic) bond motifs is 1. The van der Waals surface area contributed by atoms with E-state index in [1.807, 2.05) is 19.9 Å². The predicted molar refractivity (Wildman–Crippen MR) is 119 cm³/mol. The number of nitrogens with zero attached hydrogens (tertiary/aromatic N) is 5. The number of pyridine rings is 1. The third-order valence-electron chi connectivity index (χ3n) is 5.12. The molecule has 0 atom stereocenters. The van der Waals surface area contributed by atoms with Gasteiger partial charge in [0.15, 0.2) is 11.5 Å². The number of hydrogen-bond acceptors (Lipinski definition) is 8. The van der Waals surface area contributed by atoms with Crippen LogP contribution >= 0.6 is 0 Å². The van der Waals surface area contributed by atoms with Gasteiger partial charge in [-0.05, 0) is 43.0 Å². The van der Waals surface area contributed by atoms with Crippen LogP contribution in [0.5, 0.6) is 17.5 Å². The van der Waals surface area contributed by atoms with Gasteiger partial charge in [-0.25, -0.2) is 19.9 Å². The monoisotopic (exact) mass is 470 g/mol. The van der Waals surface area contributed by atoms with Crippen molar-refractivity contribution >= 4 is 17.0 Å². The summed E-state index contributed by atoms with van der Waals surface area (Å²) < 4.78 is 50.2. The van der Waals surface area contributed by atoms with Crippen molar-refractivity contribution in [2.24, 2.45) is 0 Å². The average molecular weight is 470 g/mol. The summed E-state index contributed by atoms with van der Waals surface area (Å²) in [5, 5.41) is 3.25. The molecule has 0 radical (unpaired) electrons. The first-order valence-corrected chi connectivity index (χ1v) is 10.3. The van der Waals surface area contributed by atoms with Crippen LogP contribution in [0.4, 0.5) is 19.0 Å². The molecule has 1 aromatic carbocycles. The molecule has 0 unspecified atom stereocenters. The lowest BCUT2D eigenvalue weighted by molar-refractivity contribution is -0.137. The average Bonchev–Trinajstić information content (AvgIpc) is 2.81. The van der Waals surface area contributed by atoms with Crippen LogP contribution in [0.1, 0.15) is 22.3 Å². The van der Waals surface area contributed by atoms with Gasteiger partial charge in [0.05, 0.1) is 12.7 Å². The molecule has 0 fully saturated rings. The van der Waals surface area contributed by atoms with Gasteiger partial charge < -0.3 is 14.8 Å². The lowest BCUT2D eigenvalue weighted by Gasteiger charge is -2.15. The fraction of sp³-hybridized carbons (Fsp3) is 0.261. The molecule has 3 aromatic heterocycles. The first-order chi connectivity index (χ1) is 16.2. The van der Waals surface area contributed by atoms with Crippen LogP contribution in [0.2, 0.25) is 0 Å². The molecule has 0 bridgehead atoms. The molecular weight excluding hydrogens is 449 g/mol. The third kappa shape index (κ3) is 5.13. The minimum atomic E-state index is -4.54. The van der Waals surface area contributed by atoms with Crippen molar-refractivity contribution in [2.75, 3.05) is 19.0 Å². The van der Waals surface area contributed by atoms with Crippen LogP contribution in [0.25, 0.3) is 11.2 Å². The van der Waals surface area contributed by atoms with E-state index in [1.54, 1.807) is 18.5 Å². The molecule has 34 heavy (non-hydrogen) atoms. The molecule has 0 spiro atoms. The van der Waals surface area contributed by atoms with Crippen molar-refractivity contribution in [2.45, 2.75) is 26.4 Å². The molecule has 1 N–H and O–H groups in total. The zero-order valence-electron chi connectivity index (χ0n) is 18.6. The second-order valence-electron chi connectivity index (χ2n) is 7.51. The van der Waals surface area contributed by atoms with E-state index >= 15 is 0 Å². The van der Waals surface area contributed by atoms with E-state index in [0.717, 1.165) is 28.8 Å². The van der Waals surface area contributed by atoms with Gasteiger partial charge in [0.2, 0.25) is 11.8 Å². The number of anilines is 1. The van der Waals surface area contributed by atoms with Crippen LogP contribution in [-0.2, 0) is 12.6 Å². The van der Waals surface area contributed by atoms with E-state index in [-0.39, 0.29) is 11.8 Å². The highest BCUT2D eigenvalue weighted by Gasteiger charge is 2.32. The van der Waals surface area contributed by atoms with Crippen molar-refractivity contribution in [3.8, 4) is 17.5 Å². The highest BCUT2D eigenvalue weighted by atomic mass is 19.4. The normalized spacial score (nSPS) is 11.5. The molecule has 176 valence electrons. The van der Waals surface area contributed by atoms with Gasteiger partial charge in [0, 0.05) is 31.1 Å². The molecule has 8 nitrogen and oxygen atoms in total.